The summed E-state index contributed by atoms with van der Waals surface area (Å²) in [6.07, 6.45) is 1.78. The number of rotatable bonds is 5. The molecule has 2 aliphatic heterocycles. The highest BCUT2D eigenvalue weighted by Gasteiger charge is 2.35. The molecule has 0 N–H and O–H groups in total. The van der Waals surface area contributed by atoms with Gasteiger partial charge >= 0.3 is 0 Å². The summed E-state index contributed by atoms with van der Waals surface area (Å²) in [4.78, 5) is 34.9. The molecule has 0 atom stereocenters. The molecular formula is C22H22ClN3O4S2. The fraction of sp³-hybridized carbons (Fsp3) is 0.318. The van der Waals surface area contributed by atoms with Gasteiger partial charge in [-0.2, -0.15) is 0 Å². The van der Waals surface area contributed by atoms with Gasteiger partial charge in [0.05, 0.1) is 31.8 Å². The summed E-state index contributed by atoms with van der Waals surface area (Å²) in [6.45, 7) is 4.20. The van der Waals surface area contributed by atoms with Crippen molar-refractivity contribution in [2.45, 2.75) is 6.92 Å². The molecule has 1 aromatic carbocycles. The van der Waals surface area contributed by atoms with Crippen LogP contribution in [0.5, 0.6) is 5.75 Å². The van der Waals surface area contributed by atoms with Crippen LogP contribution in [0.4, 0.5) is 5.69 Å². The molecule has 1 saturated heterocycles. The van der Waals surface area contributed by atoms with Gasteiger partial charge in [-0.25, -0.2) is 9.89 Å². The molecule has 2 aromatic rings. The van der Waals surface area contributed by atoms with Crippen molar-refractivity contribution < 1.29 is 19.1 Å². The number of aliphatic imine (C=N–C) groups is 1. The molecule has 0 aliphatic carbocycles. The summed E-state index contributed by atoms with van der Waals surface area (Å²) in [5.74, 6) is 0.346. The number of thiophene rings is 1. The molecule has 7 nitrogen and oxygen atoms in total. The number of methoxy groups -OCH3 is 1. The fourth-order valence-electron chi connectivity index (χ4n) is 3.33. The Morgan fingerprint density at radius 1 is 1.34 bits per heavy atom. The van der Waals surface area contributed by atoms with Crippen LogP contribution in [0.25, 0.3) is 6.08 Å². The number of anilines is 1. The summed E-state index contributed by atoms with van der Waals surface area (Å²) < 4.78 is 10.8. The maximum Gasteiger partial charge on any atom is 0.283 e. The van der Waals surface area contributed by atoms with Crippen LogP contribution in [0.3, 0.4) is 0 Å². The Hall–Kier alpha value is -2.33. The van der Waals surface area contributed by atoms with Crippen molar-refractivity contribution in [3.63, 3.8) is 0 Å². The van der Waals surface area contributed by atoms with E-state index in [0.29, 0.717) is 53.6 Å². The third kappa shape index (κ3) is 4.85. The van der Waals surface area contributed by atoms with Gasteiger partial charge in [-0.05, 0) is 48.2 Å². The van der Waals surface area contributed by atoms with E-state index >= 15 is 0 Å². The van der Waals surface area contributed by atoms with Gasteiger partial charge in [0.15, 0.2) is 5.17 Å². The number of aryl methyl sites for hydroxylation is 1. The van der Waals surface area contributed by atoms with Gasteiger partial charge in [-0.15, -0.1) is 11.3 Å². The number of hydrogen-bond donors (Lipinski definition) is 0. The Morgan fingerprint density at radius 2 is 2.12 bits per heavy atom. The van der Waals surface area contributed by atoms with Gasteiger partial charge in [-0.3, -0.25) is 9.59 Å². The molecular weight excluding hydrogens is 470 g/mol. The Labute approximate surface area is 199 Å². The Kier molecular flexibility index (Phi) is 7.20. The summed E-state index contributed by atoms with van der Waals surface area (Å²) in [6, 6.07) is 7.06. The van der Waals surface area contributed by atoms with Crippen LogP contribution in [0.2, 0.25) is 5.02 Å². The maximum atomic E-state index is 13.4. The first-order valence-electron chi connectivity index (χ1n) is 9.98. The van der Waals surface area contributed by atoms with E-state index in [1.54, 1.807) is 40.5 Å². The molecule has 0 saturated carbocycles. The third-order valence-corrected chi connectivity index (χ3v) is 7.19. The van der Waals surface area contributed by atoms with Crippen LogP contribution in [-0.2, 0) is 14.3 Å². The minimum absolute atomic E-state index is 0.0158. The number of halogens is 1. The second kappa shape index (κ2) is 10.1. The zero-order valence-corrected chi connectivity index (χ0v) is 20.1. The topological polar surface area (TPSA) is 71.4 Å². The number of amidine groups is 1. The molecule has 2 amide bonds. The fourth-order valence-corrected chi connectivity index (χ4v) is 5.26. The third-order valence-electron chi connectivity index (χ3n) is 5.07. The Bertz CT molecular complexity index is 1090. The van der Waals surface area contributed by atoms with E-state index in [-0.39, 0.29) is 17.6 Å². The van der Waals surface area contributed by atoms with Gasteiger partial charge in [0.25, 0.3) is 5.91 Å². The zero-order valence-electron chi connectivity index (χ0n) is 17.7. The number of thioether (sulfide) groups is 1. The maximum absolute atomic E-state index is 13.4. The average Bonchev–Trinajstić information content (AvgIpc) is 3.35. The van der Waals surface area contributed by atoms with Crippen LogP contribution < -0.4 is 9.64 Å². The molecule has 3 heterocycles. The largest absolute Gasteiger partial charge is 0.495 e. The number of carbonyl (C=O) groups is 2. The van der Waals surface area contributed by atoms with E-state index in [9.17, 15) is 9.59 Å². The highest BCUT2D eigenvalue weighted by molar-refractivity contribution is 8.14. The number of carbonyl (C=O) groups excluding carboxylic acids is 2. The molecule has 168 valence electrons. The van der Waals surface area contributed by atoms with E-state index < -0.39 is 0 Å². The first-order valence-corrected chi connectivity index (χ1v) is 12.2. The first kappa shape index (κ1) is 22.8. The van der Waals surface area contributed by atoms with Crippen molar-refractivity contribution in [3.05, 3.63) is 50.8 Å². The number of morpholine rings is 1. The van der Waals surface area contributed by atoms with Gasteiger partial charge in [0.2, 0.25) is 5.91 Å². The van der Waals surface area contributed by atoms with Crippen molar-refractivity contribution in [2.24, 2.45) is 4.99 Å². The van der Waals surface area contributed by atoms with Gasteiger partial charge in [0, 0.05) is 23.0 Å². The molecule has 4 rings (SSSR count). The van der Waals surface area contributed by atoms with Crippen molar-refractivity contribution in [3.8, 4) is 5.75 Å². The summed E-state index contributed by atoms with van der Waals surface area (Å²) in [7, 11) is 1.53. The molecule has 0 radical (unpaired) electrons. The number of hydrogen-bond acceptors (Lipinski definition) is 7. The Balaban J connectivity index is 1.65. The minimum Gasteiger partial charge on any atom is -0.495 e. The molecule has 32 heavy (non-hydrogen) atoms. The summed E-state index contributed by atoms with van der Waals surface area (Å²) in [5, 5.41) is 2.85. The van der Waals surface area contributed by atoms with Crippen molar-refractivity contribution in [1.82, 2.24) is 4.90 Å². The smallest absolute Gasteiger partial charge is 0.283 e. The number of nitrogens with zero attached hydrogens (tertiary/aromatic N) is 3. The van der Waals surface area contributed by atoms with E-state index in [0.717, 1.165) is 10.4 Å². The number of ether oxygens (including phenoxy) is 2. The van der Waals surface area contributed by atoms with E-state index in [4.69, 9.17) is 21.1 Å². The minimum atomic E-state index is -0.292. The predicted octanol–water partition coefficient (Wildman–Crippen LogP) is 4.05. The van der Waals surface area contributed by atoms with E-state index in [1.165, 1.54) is 23.8 Å². The predicted molar refractivity (Wildman–Crippen MR) is 130 cm³/mol. The summed E-state index contributed by atoms with van der Waals surface area (Å²) >= 11 is 8.99. The SMILES string of the molecule is COc1ccc(Cl)cc1N1C(=O)/C(=C/c2sccc2C)N=C1SCC(=O)N1CCOCC1. The van der Waals surface area contributed by atoms with Gasteiger partial charge in [0.1, 0.15) is 11.4 Å². The average molecular weight is 492 g/mol. The van der Waals surface area contributed by atoms with Gasteiger partial charge < -0.3 is 14.4 Å². The van der Waals surface area contributed by atoms with Crippen LogP contribution in [-0.4, -0.2) is 61.0 Å². The van der Waals surface area contributed by atoms with E-state index in [1.807, 2.05) is 18.4 Å². The van der Waals surface area contributed by atoms with Crippen molar-refractivity contribution >= 4 is 63.4 Å². The van der Waals surface area contributed by atoms with E-state index in [2.05, 4.69) is 4.99 Å². The van der Waals surface area contributed by atoms with Crippen molar-refractivity contribution in [2.75, 3.05) is 44.1 Å². The molecule has 1 fully saturated rings. The molecule has 1 aromatic heterocycles. The molecule has 2 aliphatic rings. The van der Waals surface area contributed by atoms with Crippen molar-refractivity contribution in [1.29, 1.82) is 0 Å². The molecule has 0 unspecified atom stereocenters. The number of amides is 2. The monoisotopic (exact) mass is 491 g/mol. The first-order chi connectivity index (χ1) is 15.5. The second-order valence-electron chi connectivity index (χ2n) is 7.13. The molecule has 10 heteroatoms. The van der Waals surface area contributed by atoms with Crippen LogP contribution in [0, 0.1) is 6.92 Å². The number of benzene rings is 1. The second-order valence-corrected chi connectivity index (χ2v) is 9.46. The summed E-state index contributed by atoms with van der Waals surface area (Å²) in [5.41, 5.74) is 1.86. The van der Waals surface area contributed by atoms with Gasteiger partial charge in [-0.1, -0.05) is 23.4 Å². The Morgan fingerprint density at radius 3 is 2.81 bits per heavy atom. The van der Waals surface area contributed by atoms with Crippen LogP contribution in [0.15, 0.2) is 40.3 Å². The lowest BCUT2D eigenvalue weighted by Gasteiger charge is -2.27. The van der Waals surface area contributed by atoms with Crippen LogP contribution in [0.1, 0.15) is 10.4 Å². The zero-order chi connectivity index (χ0) is 22.7. The van der Waals surface area contributed by atoms with Crippen LogP contribution >= 0.6 is 34.7 Å². The highest BCUT2D eigenvalue weighted by Crippen LogP contribution is 2.37. The standard InChI is InChI=1S/C22H22ClN3O4S2/c1-14-5-10-31-19(14)12-16-21(28)26(17-11-15(23)3-4-18(17)29-2)22(24-16)32-13-20(27)25-6-8-30-9-7-25/h3-5,10-12H,6-9,13H2,1-2H3/b16-12-. The highest BCUT2D eigenvalue weighted by atomic mass is 35.5. The molecule has 0 bridgehead atoms. The lowest BCUT2D eigenvalue weighted by molar-refractivity contribution is -0.132. The normalized spacial score (nSPS) is 17.8. The lowest BCUT2D eigenvalue weighted by Crippen LogP contribution is -2.42. The molecule has 0 spiro atoms. The lowest BCUT2D eigenvalue weighted by atomic mass is 10.2. The quantitative estimate of drug-likeness (QED) is 0.590.